The molecule has 0 spiro atoms. The van der Waals surface area contributed by atoms with E-state index in [0.29, 0.717) is 61.2 Å². The second-order valence-electron chi connectivity index (χ2n) is 15.8. The maximum absolute atomic E-state index is 14.8. The number of alkyl halides is 3. The van der Waals surface area contributed by atoms with E-state index in [9.17, 15) is 33.0 Å². The van der Waals surface area contributed by atoms with Crippen LogP contribution in [0, 0.1) is 17.8 Å². The van der Waals surface area contributed by atoms with Gasteiger partial charge in [-0.15, -0.1) is 0 Å². The fourth-order valence-electron chi connectivity index (χ4n) is 9.65. The topological polar surface area (TPSA) is 143 Å². The monoisotopic (exact) mass is 746 g/mol. The van der Waals surface area contributed by atoms with Crippen molar-refractivity contribution in [2.24, 2.45) is 17.8 Å². The van der Waals surface area contributed by atoms with Gasteiger partial charge >= 0.3 is 12.1 Å². The van der Waals surface area contributed by atoms with Crippen LogP contribution in [0.2, 0.25) is 0 Å². The smallest absolute Gasteiger partial charge is 0.434 e. The zero-order valence-electron chi connectivity index (χ0n) is 30.1. The number of nitrogens with one attached hydrogen (secondary N) is 1. The van der Waals surface area contributed by atoms with Crippen LogP contribution in [0.4, 0.5) is 19.1 Å². The number of carboxylic acids is 1. The van der Waals surface area contributed by atoms with Crippen molar-refractivity contribution in [1.82, 2.24) is 24.8 Å². The van der Waals surface area contributed by atoms with Crippen molar-refractivity contribution in [3.63, 3.8) is 0 Å². The van der Waals surface area contributed by atoms with Crippen LogP contribution in [0.25, 0.3) is 22.2 Å². The molecule has 4 unspecified atom stereocenters. The summed E-state index contributed by atoms with van der Waals surface area (Å²) in [6, 6.07) is 9.89. The molecule has 14 heteroatoms. The van der Waals surface area contributed by atoms with E-state index in [-0.39, 0.29) is 42.0 Å². The number of carbonyl (C=O) groups excluding carboxylic acids is 1. The van der Waals surface area contributed by atoms with E-state index >= 15 is 0 Å². The Labute approximate surface area is 311 Å². The van der Waals surface area contributed by atoms with Crippen LogP contribution in [-0.4, -0.2) is 72.4 Å². The largest absolute Gasteiger partial charge is 0.490 e. The second kappa shape index (κ2) is 14.2. The second-order valence-corrected chi connectivity index (χ2v) is 15.8. The van der Waals surface area contributed by atoms with Gasteiger partial charge in [0, 0.05) is 67.6 Å². The van der Waals surface area contributed by atoms with Crippen LogP contribution in [0.15, 0.2) is 55.0 Å². The standard InChI is InChI=1S/C40H45F3N6O5/c1-23-17-24-19-25(18-23)39(21-24,37(52)53)47-36(51)31-9-10-33(46-35(31)40(41,42)43)32-22-49(26-3-5-27(50)6-4-26)34-20-29(7-8-30(32)34)54-28-11-15-48(16-12-28)38-44-13-2-14-45-38/h2,7-10,13-14,20,22-28,50H,3-6,11-12,15-19,21H2,1H3,(H,47,51)(H,52,53)/t23?,24?,25?,26-,27+,39?. The Morgan fingerprint density at radius 1 is 0.981 bits per heavy atom. The Balaban J connectivity index is 1.10. The van der Waals surface area contributed by atoms with Gasteiger partial charge in [-0.1, -0.05) is 6.92 Å². The highest BCUT2D eigenvalue weighted by atomic mass is 19.4. The van der Waals surface area contributed by atoms with E-state index in [0.717, 1.165) is 43.9 Å². The average Bonchev–Trinajstić information content (AvgIpc) is 3.66. The van der Waals surface area contributed by atoms with Crippen molar-refractivity contribution in [1.29, 1.82) is 0 Å². The van der Waals surface area contributed by atoms with Crippen LogP contribution in [-0.2, 0) is 11.0 Å². The molecule has 8 rings (SSSR count). The van der Waals surface area contributed by atoms with Gasteiger partial charge in [0.25, 0.3) is 5.91 Å². The van der Waals surface area contributed by atoms with Gasteiger partial charge in [0.15, 0.2) is 5.69 Å². The molecule has 2 bridgehead atoms. The predicted molar refractivity (Wildman–Crippen MR) is 194 cm³/mol. The van der Waals surface area contributed by atoms with Gasteiger partial charge in [0.05, 0.1) is 22.9 Å². The molecule has 3 N–H and O–H groups in total. The van der Waals surface area contributed by atoms with Crippen molar-refractivity contribution in [2.75, 3.05) is 18.0 Å². The molecule has 1 aromatic carbocycles. The molecule has 4 aliphatic rings. The van der Waals surface area contributed by atoms with Gasteiger partial charge in [0.2, 0.25) is 5.95 Å². The number of halogens is 3. The van der Waals surface area contributed by atoms with E-state index < -0.39 is 41.0 Å². The zero-order chi connectivity index (χ0) is 37.8. The minimum atomic E-state index is -4.99. The summed E-state index contributed by atoms with van der Waals surface area (Å²) in [7, 11) is 0. The number of anilines is 1. The fraction of sp³-hybridized carbons (Fsp3) is 0.525. The third-order valence-corrected chi connectivity index (χ3v) is 12.2. The molecule has 3 aliphatic carbocycles. The molecule has 1 amide bonds. The number of piperidine rings is 1. The summed E-state index contributed by atoms with van der Waals surface area (Å²) in [5.41, 5.74) is -2.39. The fourth-order valence-corrected chi connectivity index (χ4v) is 9.65. The Kier molecular flexibility index (Phi) is 9.51. The number of carboxylic acid groups (broad SMARTS) is 1. The van der Waals surface area contributed by atoms with E-state index in [4.69, 9.17) is 4.74 Å². The molecule has 4 heterocycles. The third-order valence-electron chi connectivity index (χ3n) is 12.2. The van der Waals surface area contributed by atoms with E-state index in [1.165, 1.54) is 6.07 Å². The van der Waals surface area contributed by atoms with Crippen LogP contribution < -0.4 is 15.0 Å². The summed E-state index contributed by atoms with van der Waals surface area (Å²) in [6.45, 7) is 3.51. The number of pyridine rings is 1. The molecule has 286 valence electrons. The summed E-state index contributed by atoms with van der Waals surface area (Å²) in [6.07, 6.45) is 6.22. The number of aromatic nitrogens is 4. The number of nitrogens with zero attached hydrogens (tertiary/aromatic N) is 5. The van der Waals surface area contributed by atoms with Crippen molar-refractivity contribution >= 4 is 28.7 Å². The molecule has 3 saturated carbocycles. The first kappa shape index (κ1) is 36.3. The van der Waals surface area contributed by atoms with Crippen LogP contribution >= 0.6 is 0 Å². The van der Waals surface area contributed by atoms with Crippen molar-refractivity contribution in [3.8, 4) is 17.0 Å². The lowest BCUT2D eigenvalue weighted by Gasteiger charge is -2.33. The normalized spacial score (nSPS) is 27.6. The summed E-state index contributed by atoms with van der Waals surface area (Å²) in [4.78, 5) is 41.3. The molecule has 1 aliphatic heterocycles. The third kappa shape index (κ3) is 6.88. The molecule has 1 saturated heterocycles. The first-order valence-corrected chi connectivity index (χ1v) is 19.0. The number of fused-ring (bicyclic) bond motifs is 3. The molecule has 54 heavy (non-hydrogen) atoms. The van der Waals surface area contributed by atoms with Crippen LogP contribution in [0.3, 0.4) is 0 Å². The van der Waals surface area contributed by atoms with Gasteiger partial charge in [-0.3, -0.25) is 4.79 Å². The molecular weight excluding hydrogens is 701 g/mol. The van der Waals surface area contributed by atoms with Crippen molar-refractivity contribution in [3.05, 3.63) is 66.2 Å². The highest BCUT2D eigenvalue weighted by Crippen LogP contribution is 2.51. The zero-order valence-corrected chi connectivity index (χ0v) is 30.1. The summed E-state index contributed by atoms with van der Waals surface area (Å²) < 4.78 is 52.8. The lowest BCUT2D eigenvalue weighted by molar-refractivity contribution is -0.146. The van der Waals surface area contributed by atoms with Gasteiger partial charge in [-0.25, -0.2) is 19.7 Å². The van der Waals surface area contributed by atoms with Gasteiger partial charge in [0.1, 0.15) is 17.4 Å². The van der Waals surface area contributed by atoms with Crippen LogP contribution in [0.5, 0.6) is 5.75 Å². The number of amides is 1. The minimum absolute atomic E-state index is 0.00176. The van der Waals surface area contributed by atoms with Crippen molar-refractivity contribution < 1.29 is 37.7 Å². The summed E-state index contributed by atoms with van der Waals surface area (Å²) in [5, 5.41) is 23.8. The highest BCUT2D eigenvalue weighted by molar-refractivity contribution is 6.00. The molecule has 11 nitrogen and oxygen atoms in total. The maximum Gasteiger partial charge on any atom is 0.434 e. The number of hydrogen-bond donors (Lipinski definition) is 3. The highest BCUT2D eigenvalue weighted by Gasteiger charge is 2.56. The molecule has 4 fully saturated rings. The number of aliphatic hydroxyl groups excluding tert-OH is 1. The van der Waals surface area contributed by atoms with E-state index in [2.05, 4.69) is 29.7 Å². The first-order valence-electron chi connectivity index (χ1n) is 19.0. The van der Waals surface area contributed by atoms with Gasteiger partial charge in [-0.2, -0.15) is 13.2 Å². The molecule has 0 radical (unpaired) electrons. The van der Waals surface area contributed by atoms with Crippen LogP contribution in [0.1, 0.15) is 93.2 Å². The number of aliphatic carboxylic acids is 1. The first-order chi connectivity index (χ1) is 25.9. The predicted octanol–water partition coefficient (Wildman–Crippen LogP) is 7.05. The van der Waals surface area contributed by atoms with Gasteiger partial charge in [-0.05, 0) is 99.5 Å². The average molecular weight is 747 g/mol. The SMILES string of the molecule is CC1CC2CC(C1)C(NC(=O)c1ccc(-c3cn([C@H]4CC[C@@H](O)CC4)c4cc(OC5CCN(c6ncccn6)CC5)ccc34)nc1C(F)(F)F)(C(=O)O)C2. The number of hydrogen-bond acceptors (Lipinski definition) is 8. The number of carbonyl (C=O) groups is 2. The summed E-state index contributed by atoms with van der Waals surface area (Å²) >= 11 is 0. The number of rotatable bonds is 8. The van der Waals surface area contributed by atoms with Gasteiger partial charge < -0.3 is 29.7 Å². The Morgan fingerprint density at radius 2 is 1.72 bits per heavy atom. The van der Waals surface area contributed by atoms with E-state index in [1.54, 1.807) is 18.5 Å². The minimum Gasteiger partial charge on any atom is -0.490 e. The molecule has 4 atom stereocenters. The Morgan fingerprint density at radius 3 is 2.43 bits per heavy atom. The lowest BCUT2D eigenvalue weighted by Crippen LogP contribution is -2.57. The Hall–Kier alpha value is -4.72. The lowest BCUT2D eigenvalue weighted by atomic mass is 9.78. The number of benzene rings is 1. The molecular formula is C40H45F3N6O5. The number of ether oxygens (including phenoxy) is 1. The molecule has 4 aromatic rings. The van der Waals surface area contributed by atoms with Crippen molar-refractivity contribution in [2.45, 2.75) is 101 Å². The Bertz CT molecular complexity index is 2030. The number of aliphatic hydroxyl groups is 1. The molecule has 3 aromatic heterocycles. The summed E-state index contributed by atoms with van der Waals surface area (Å²) in [5.74, 6) is -0.956. The maximum atomic E-state index is 14.8. The van der Waals surface area contributed by atoms with E-state index in [1.807, 2.05) is 31.3 Å². The quantitative estimate of drug-likeness (QED) is 0.173.